The third kappa shape index (κ3) is 4.53. The Hall–Kier alpha value is -0.900. The van der Waals surface area contributed by atoms with Crippen molar-refractivity contribution < 1.29 is 19.4 Å². The summed E-state index contributed by atoms with van der Waals surface area (Å²) in [6.07, 6.45) is 9.43. The number of ether oxygens (including phenoxy) is 1. The molecular weight excluding hydrogens is 268 g/mol. The van der Waals surface area contributed by atoms with E-state index in [4.69, 9.17) is 9.84 Å². The van der Waals surface area contributed by atoms with Gasteiger partial charge >= 0.3 is 5.97 Å². The highest BCUT2D eigenvalue weighted by molar-refractivity contribution is 5.79. The van der Waals surface area contributed by atoms with Crippen molar-refractivity contribution in [3.63, 3.8) is 0 Å². The van der Waals surface area contributed by atoms with Crippen LogP contribution >= 0.6 is 0 Å². The summed E-state index contributed by atoms with van der Waals surface area (Å²) < 4.78 is 5.04. The van der Waals surface area contributed by atoms with Gasteiger partial charge in [0.1, 0.15) is 12.4 Å². The molecule has 1 N–H and O–H groups in total. The van der Waals surface area contributed by atoms with Gasteiger partial charge in [-0.15, -0.1) is 0 Å². The van der Waals surface area contributed by atoms with Crippen molar-refractivity contribution in [2.45, 2.75) is 58.3 Å². The molecule has 3 fully saturated rings. The van der Waals surface area contributed by atoms with E-state index in [1.807, 2.05) is 0 Å². The fraction of sp³-hybridized carbons (Fsp3) is 0.882. The zero-order chi connectivity index (χ0) is 15.2. The molecule has 4 heteroatoms. The molecule has 0 spiro atoms. The van der Waals surface area contributed by atoms with Gasteiger partial charge in [-0.1, -0.05) is 12.8 Å². The Bertz CT molecular complexity index is 358. The molecule has 2 unspecified atom stereocenters. The Morgan fingerprint density at radius 1 is 1.05 bits per heavy atom. The number of carboxylic acids is 1. The predicted octanol–water partition coefficient (Wildman–Crippen LogP) is 3.29. The van der Waals surface area contributed by atoms with E-state index in [1.54, 1.807) is 6.92 Å². The third-order valence-electron chi connectivity index (χ3n) is 5.41. The molecule has 0 radical (unpaired) electrons. The molecular formula is C17H28O4. The van der Waals surface area contributed by atoms with Gasteiger partial charge in [-0.2, -0.15) is 0 Å². The lowest BCUT2D eigenvalue weighted by atomic mass is 9.56. The first kappa shape index (κ1) is 16.5. The third-order valence-corrected chi connectivity index (χ3v) is 5.41. The molecule has 3 rings (SSSR count). The number of fused-ring (bicyclic) bond motifs is 3. The molecule has 0 aromatic carbocycles. The van der Waals surface area contributed by atoms with Crippen LogP contribution in [-0.4, -0.2) is 30.1 Å². The van der Waals surface area contributed by atoms with Crippen molar-refractivity contribution in [3.05, 3.63) is 0 Å². The second-order valence-electron chi connectivity index (χ2n) is 6.77. The van der Waals surface area contributed by atoms with Crippen LogP contribution in [0.4, 0.5) is 0 Å². The van der Waals surface area contributed by atoms with Crippen molar-refractivity contribution >= 4 is 11.8 Å². The molecule has 120 valence electrons. The second-order valence-corrected chi connectivity index (χ2v) is 6.77. The normalized spacial score (nSPS) is 31.3. The van der Waals surface area contributed by atoms with E-state index < -0.39 is 5.97 Å². The molecule has 0 aromatic heterocycles. The number of hydrogen-bond acceptors (Lipinski definition) is 3. The standard InChI is InChI=1S/C17H28O4/c1-12(18)17-14-8-6-13(7-9-14)15(17)5-3-2-4-10-21-11-16(19)20/h13-15,17H,2-11H2,1H3,(H,19,20)/t13-,14-,15?,17?. The van der Waals surface area contributed by atoms with Crippen LogP contribution in [0.3, 0.4) is 0 Å². The van der Waals surface area contributed by atoms with Gasteiger partial charge in [-0.3, -0.25) is 4.79 Å². The van der Waals surface area contributed by atoms with Gasteiger partial charge in [0.15, 0.2) is 0 Å². The molecule has 0 aromatic rings. The molecule has 0 heterocycles. The van der Waals surface area contributed by atoms with Gasteiger partial charge in [0, 0.05) is 12.5 Å². The minimum absolute atomic E-state index is 0.196. The lowest BCUT2D eigenvalue weighted by molar-refractivity contribution is -0.142. The van der Waals surface area contributed by atoms with E-state index in [1.165, 1.54) is 25.7 Å². The van der Waals surface area contributed by atoms with Crippen LogP contribution in [0.1, 0.15) is 58.3 Å². The van der Waals surface area contributed by atoms with Crippen LogP contribution in [0.2, 0.25) is 0 Å². The number of carboxylic acid groups (broad SMARTS) is 1. The van der Waals surface area contributed by atoms with Crippen LogP contribution in [0.15, 0.2) is 0 Å². The minimum atomic E-state index is -0.905. The molecule has 3 aliphatic carbocycles. The van der Waals surface area contributed by atoms with Crippen LogP contribution in [0.25, 0.3) is 0 Å². The van der Waals surface area contributed by atoms with E-state index in [0.29, 0.717) is 30.1 Å². The van der Waals surface area contributed by atoms with Crippen molar-refractivity contribution in [2.24, 2.45) is 23.7 Å². The largest absolute Gasteiger partial charge is 0.480 e. The van der Waals surface area contributed by atoms with Crippen molar-refractivity contribution in [2.75, 3.05) is 13.2 Å². The quantitative estimate of drug-likeness (QED) is 0.663. The molecule has 3 aliphatic rings. The van der Waals surface area contributed by atoms with E-state index in [2.05, 4.69) is 0 Å². The molecule has 2 atom stereocenters. The SMILES string of the molecule is CC(=O)C1C(CCCCCOCC(=O)O)[C@H]2CC[C@H]1CC2. The molecule has 2 bridgehead atoms. The van der Waals surface area contributed by atoms with E-state index >= 15 is 0 Å². The molecule has 3 saturated carbocycles. The first-order valence-corrected chi connectivity index (χ1v) is 8.39. The van der Waals surface area contributed by atoms with Gasteiger partial charge in [0.05, 0.1) is 0 Å². The highest BCUT2D eigenvalue weighted by Crippen LogP contribution is 2.50. The van der Waals surface area contributed by atoms with Crippen molar-refractivity contribution in [1.82, 2.24) is 0 Å². The second kappa shape index (κ2) is 7.92. The first-order chi connectivity index (χ1) is 10.1. The van der Waals surface area contributed by atoms with Gasteiger partial charge < -0.3 is 9.84 Å². The minimum Gasteiger partial charge on any atom is -0.480 e. The van der Waals surface area contributed by atoms with Gasteiger partial charge in [-0.25, -0.2) is 4.79 Å². The summed E-state index contributed by atoms with van der Waals surface area (Å²) in [7, 11) is 0. The maximum Gasteiger partial charge on any atom is 0.329 e. The van der Waals surface area contributed by atoms with Gasteiger partial charge in [-0.05, 0) is 63.2 Å². The number of hydrogen-bond donors (Lipinski definition) is 1. The monoisotopic (exact) mass is 296 g/mol. The average Bonchev–Trinajstić information content (AvgIpc) is 2.46. The molecule has 0 amide bonds. The van der Waals surface area contributed by atoms with Crippen LogP contribution in [0, 0.1) is 23.7 Å². The Balaban J connectivity index is 1.67. The Morgan fingerprint density at radius 3 is 2.33 bits per heavy atom. The number of carbonyl (C=O) groups excluding carboxylic acids is 1. The summed E-state index contributed by atoms with van der Waals surface area (Å²) in [6, 6.07) is 0. The van der Waals surface area contributed by atoms with Crippen molar-refractivity contribution in [3.8, 4) is 0 Å². The fourth-order valence-electron chi connectivity index (χ4n) is 4.54. The highest BCUT2D eigenvalue weighted by atomic mass is 16.5. The Labute approximate surface area is 127 Å². The highest BCUT2D eigenvalue weighted by Gasteiger charge is 2.44. The van der Waals surface area contributed by atoms with Crippen LogP contribution in [0.5, 0.6) is 0 Å². The number of unbranched alkanes of at least 4 members (excludes halogenated alkanes) is 2. The van der Waals surface area contributed by atoms with E-state index in [0.717, 1.165) is 31.6 Å². The Morgan fingerprint density at radius 2 is 1.71 bits per heavy atom. The van der Waals surface area contributed by atoms with Crippen LogP contribution in [-0.2, 0) is 14.3 Å². The molecule has 21 heavy (non-hydrogen) atoms. The maximum atomic E-state index is 12.0. The van der Waals surface area contributed by atoms with Gasteiger partial charge in [0.25, 0.3) is 0 Å². The predicted molar refractivity (Wildman–Crippen MR) is 80.0 cm³/mol. The summed E-state index contributed by atoms with van der Waals surface area (Å²) in [5, 5.41) is 8.47. The number of Topliss-reactive ketones (excluding diaryl/α,β-unsaturated/α-hetero) is 1. The number of aliphatic carboxylic acids is 1. The zero-order valence-corrected chi connectivity index (χ0v) is 13.1. The van der Waals surface area contributed by atoms with Crippen LogP contribution < -0.4 is 0 Å². The lowest BCUT2D eigenvalue weighted by Crippen LogP contribution is -2.43. The summed E-state index contributed by atoms with van der Waals surface area (Å²) in [5.74, 6) is 1.84. The molecule has 0 aliphatic heterocycles. The summed E-state index contributed by atoms with van der Waals surface area (Å²) in [5.41, 5.74) is 0. The molecule has 0 saturated heterocycles. The topological polar surface area (TPSA) is 63.6 Å². The zero-order valence-electron chi connectivity index (χ0n) is 13.1. The Kier molecular flexibility index (Phi) is 6.22. The maximum absolute atomic E-state index is 12.0. The summed E-state index contributed by atoms with van der Waals surface area (Å²) in [6.45, 7) is 2.11. The van der Waals surface area contributed by atoms with Gasteiger partial charge in [0.2, 0.25) is 0 Å². The number of rotatable bonds is 9. The number of ketones is 1. The lowest BCUT2D eigenvalue weighted by Gasteiger charge is -2.48. The summed E-state index contributed by atoms with van der Waals surface area (Å²) >= 11 is 0. The van der Waals surface area contributed by atoms with E-state index in [9.17, 15) is 9.59 Å². The first-order valence-electron chi connectivity index (χ1n) is 8.39. The molecule has 4 nitrogen and oxygen atoms in total. The van der Waals surface area contributed by atoms with Crippen molar-refractivity contribution in [1.29, 1.82) is 0 Å². The number of carbonyl (C=O) groups is 2. The summed E-state index contributed by atoms with van der Waals surface area (Å²) in [4.78, 5) is 22.3. The average molecular weight is 296 g/mol. The van der Waals surface area contributed by atoms with E-state index in [-0.39, 0.29) is 6.61 Å². The smallest absolute Gasteiger partial charge is 0.329 e. The fourth-order valence-corrected chi connectivity index (χ4v) is 4.54.